The number of fused-ring (bicyclic) bond motifs is 1. The number of halogens is 7. The molecule has 1 aliphatic heterocycles. The van der Waals surface area contributed by atoms with E-state index in [0.717, 1.165) is 0 Å². The first kappa shape index (κ1) is 24.8. The highest BCUT2D eigenvalue weighted by molar-refractivity contribution is 5.60. The van der Waals surface area contributed by atoms with Crippen molar-refractivity contribution < 1.29 is 35.8 Å². The number of aromatic amines is 1. The fraction of sp³-hybridized carbons (Fsp3) is 0.700. The van der Waals surface area contributed by atoms with Gasteiger partial charge in [0.2, 0.25) is 0 Å². The summed E-state index contributed by atoms with van der Waals surface area (Å²) in [6.07, 6.45) is -12.3. The second-order valence-electron chi connectivity index (χ2n) is 9.18. The molecule has 1 aromatic rings. The first-order chi connectivity index (χ1) is 15.6. The van der Waals surface area contributed by atoms with Gasteiger partial charge >= 0.3 is 18.0 Å². The van der Waals surface area contributed by atoms with E-state index in [1.165, 1.54) is 16.4 Å². The van der Waals surface area contributed by atoms with E-state index in [4.69, 9.17) is 5.73 Å². The Morgan fingerprint density at radius 2 is 1.68 bits per heavy atom. The Hall–Kier alpha value is -2.35. The molecule has 0 amide bonds. The number of nitrogens with zero attached hydrogens (tertiary/aromatic N) is 2. The average Bonchev–Trinajstić information content (AvgIpc) is 3.39. The molecule has 4 atom stereocenters. The van der Waals surface area contributed by atoms with E-state index >= 15 is 4.39 Å². The van der Waals surface area contributed by atoms with Gasteiger partial charge in [-0.25, -0.2) is 9.18 Å². The van der Waals surface area contributed by atoms with Gasteiger partial charge in [0.25, 0.3) is 5.56 Å². The van der Waals surface area contributed by atoms with Crippen molar-refractivity contribution in [3.63, 3.8) is 0 Å². The molecule has 1 saturated carbocycles. The fourth-order valence-corrected chi connectivity index (χ4v) is 5.24. The summed E-state index contributed by atoms with van der Waals surface area (Å²) in [7, 11) is 0. The maximum Gasteiger partial charge on any atom is 0.402 e. The highest BCUT2D eigenvalue weighted by atomic mass is 19.4. The molecule has 1 saturated heterocycles. The number of nitrogens with one attached hydrogen (secondary N) is 1. The molecule has 0 bridgehead atoms. The summed E-state index contributed by atoms with van der Waals surface area (Å²) in [5.41, 5.74) is 3.93. The van der Waals surface area contributed by atoms with Crippen LogP contribution in [0.5, 0.6) is 0 Å². The third-order valence-electron chi connectivity index (χ3n) is 6.95. The minimum atomic E-state index is -5.60. The number of likely N-dealkylation sites (tertiary alicyclic amines) is 1. The van der Waals surface area contributed by atoms with Gasteiger partial charge in [-0.15, -0.1) is 0 Å². The quantitative estimate of drug-likeness (QED) is 0.532. The molecule has 34 heavy (non-hydrogen) atoms. The van der Waals surface area contributed by atoms with Crippen LogP contribution in [0.25, 0.3) is 11.3 Å². The lowest BCUT2D eigenvalue weighted by Gasteiger charge is -2.35. The summed E-state index contributed by atoms with van der Waals surface area (Å²) < 4.78 is 95.4. The van der Waals surface area contributed by atoms with E-state index in [1.807, 2.05) is 0 Å². The smallest absolute Gasteiger partial charge is 0.402 e. The molecule has 0 aromatic carbocycles. The molecular weight excluding hydrogens is 477 g/mol. The van der Waals surface area contributed by atoms with Crippen molar-refractivity contribution in [3.05, 3.63) is 31.4 Å². The van der Waals surface area contributed by atoms with Gasteiger partial charge in [-0.2, -0.15) is 26.3 Å². The number of hydrogen-bond acceptors (Lipinski definition) is 5. The average molecular weight is 500 g/mol. The lowest BCUT2D eigenvalue weighted by Crippen LogP contribution is -2.61. The number of H-pyrrole nitrogens is 1. The third-order valence-corrected chi connectivity index (χ3v) is 6.95. The van der Waals surface area contributed by atoms with Crippen molar-refractivity contribution in [3.8, 4) is 0 Å². The molecule has 0 radical (unpaired) electrons. The lowest BCUT2D eigenvalue weighted by molar-refractivity contribution is -0.292. The lowest BCUT2D eigenvalue weighted by atomic mass is 9.87. The predicted molar refractivity (Wildman–Crippen MR) is 106 cm³/mol. The number of rotatable bonds is 4. The van der Waals surface area contributed by atoms with Crippen LogP contribution in [0, 0.1) is 11.8 Å². The second kappa shape index (κ2) is 8.11. The van der Waals surface area contributed by atoms with E-state index in [-0.39, 0.29) is 36.5 Å². The molecule has 0 spiro atoms. The van der Waals surface area contributed by atoms with Gasteiger partial charge in [-0.05, 0) is 44.2 Å². The van der Waals surface area contributed by atoms with Crippen molar-refractivity contribution in [1.29, 1.82) is 0 Å². The molecule has 3 aliphatic rings. The van der Waals surface area contributed by atoms with Crippen molar-refractivity contribution in [2.24, 2.45) is 17.6 Å². The topological polar surface area (TPSA) is 104 Å². The van der Waals surface area contributed by atoms with Crippen LogP contribution in [-0.2, 0) is 0 Å². The van der Waals surface area contributed by atoms with Gasteiger partial charge < -0.3 is 10.8 Å². The predicted octanol–water partition coefficient (Wildman–Crippen LogP) is 0.819. The van der Waals surface area contributed by atoms with Crippen LogP contribution in [0.3, 0.4) is 0 Å². The van der Waals surface area contributed by atoms with Crippen LogP contribution >= 0.6 is 0 Å². The van der Waals surface area contributed by atoms with Crippen LogP contribution in [0.15, 0.2) is 9.59 Å². The number of nitrogens with two attached hydrogens (primary N) is 1. The zero-order valence-electron chi connectivity index (χ0n) is 17.9. The third kappa shape index (κ3) is 4.04. The minimum Gasteiger partial charge on any atom is -0.508 e. The molecule has 2 aliphatic carbocycles. The minimum absolute atomic E-state index is 0.0314. The zero-order valence-corrected chi connectivity index (χ0v) is 17.9. The summed E-state index contributed by atoms with van der Waals surface area (Å²) in [6, 6.07) is -3.85. The molecular formula is C20H23F7N4O3. The first-order valence-corrected chi connectivity index (χ1v) is 10.7. The Balaban J connectivity index is 1.73. The SMILES string of the molecule is CC1=c2c(c(=O)[nH]c(=O)n2C2CC2)=C(O)C(F)C1N1CCC(C(N)C(C(F)(F)F)C(F)(F)F)C1. The van der Waals surface area contributed by atoms with Gasteiger partial charge in [-0.1, -0.05) is 0 Å². The molecule has 4 unspecified atom stereocenters. The van der Waals surface area contributed by atoms with Gasteiger partial charge in [0.05, 0.1) is 11.4 Å². The second-order valence-corrected chi connectivity index (χ2v) is 9.18. The summed E-state index contributed by atoms with van der Waals surface area (Å²) in [4.78, 5) is 28.1. The molecule has 190 valence electrons. The monoisotopic (exact) mass is 500 g/mol. The number of hydrogen-bond donors (Lipinski definition) is 3. The number of aliphatic hydroxyl groups is 1. The van der Waals surface area contributed by atoms with E-state index in [1.54, 1.807) is 0 Å². The van der Waals surface area contributed by atoms with E-state index in [2.05, 4.69) is 4.98 Å². The number of alkyl halides is 7. The summed E-state index contributed by atoms with van der Waals surface area (Å²) in [5, 5.41) is 10.1. The van der Waals surface area contributed by atoms with E-state index in [0.29, 0.717) is 12.8 Å². The molecule has 4 N–H and O–H groups in total. The Morgan fingerprint density at radius 1 is 1.09 bits per heavy atom. The fourth-order valence-electron chi connectivity index (χ4n) is 5.24. The van der Waals surface area contributed by atoms with Gasteiger partial charge in [0.1, 0.15) is 11.0 Å². The normalized spacial score (nSPS) is 27.4. The van der Waals surface area contributed by atoms with E-state index < -0.39 is 64.7 Å². The van der Waals surface area contributed by atoms with Crippen LogP contribution in [0.1, 0.15) is 32.2 Å². The highest BCUT2D eigenvalue weighted by Gasteiger charge is 2.61. The first-order valence-electron chi connectivity index (χ1n) is 10.7. The summed E-state index contributed by atoms with van der Waals surface area (Å²) in [6.45, 7) is 0.968. The Kier molecular flexibility index (Phi) is 5.91. The molecule has 4 rings (SSSR count). The van der Waals surface area contributed by atoms with Gasteiger partial charge in [0, 0.05) is 18.6 Å². The molecule has 14 heteroatoms. The number of aromatic nitrogens is 2. The van der Waals surface area contributed by atoms with Crippen molar-refractivity contribution >= 4 is 11.3 Å². The Labute approximate surface area is 187 Å². The molecule has 1 aromatic heterocycles. The van der Waals surface area contributed by atoms with Crippen LogP contribution in [0.2, 0.25) is 0 Å². The van der Waals surface area contributed by atoms with Gasteiger partial charge in [0.15, 0.2) is 12.1 Å². The van der Waals surface area contributed by atoms with E-state index in [9.17, 15) is 41.0 Å². The van der Waals surface area contributed by atoms with Crippen LogP contribution in [-0.4, -0.2) is 63.3 Å². The molecule has 2 fully saturated rings. The van der Waals surface area contributed by atoms with Crippen molar-refractivity contribution in [2.45, 2.75) is 62.8 Å². The maximum absolute atomic E-state index is 15.3. The van der Waals surface area contributed by atoms with Crippen LogP contribution < -0.4 is 27.6 Å². The number of aliphatic hydroxyl groups excluding tert-OH is 1. The standard InChI is InChI=1S/C20H23F7N4O3/c1-7-13-10(17(33)29-18(34)31(13)9-2-3-9)15(32)11(21)14(7)30-5-4-8(6-30)12(28)16(19(22,23)24)20(25,26)27/h8-9,11-12,14,16,32H,2-6,28H2,1H3,(H,29,33,34). The molecule has 2 heterocycles. The summed E-state index contributed by atoms with van der Waals surface area (Å²) >= 11 is 0. The Bertz CT molecular complexity index is 1200. The zero-order chi connectivity index (χ0) is 25.3. The van der Waals surface area contributed by atoms with Crippen molar-refractivity contribution in [1.82, 2.24) is 14.5 Å². The van der Waals surface area contributed by atoms with Crippen LogP contribution in [0.4, 0.5) is 30.7 Å². The van der Waals surface area contributed by atoms with Gasteiger partial charge in [-0.3, -0.25) is 19.2 Å². The maximum atomic E-state index is 15.3. The molecule has 7 nitrogen and oxygen atoms in total. The Morgan fingerprint density at radius 3 is 2.21 bits per heavy atom. The highest BCUT2D eigenvalue weighted by Crippen LogP contribution is 2.44. The largest absolute Gasteiger partial charge is 0.508 e. The summed E-state index contributed by atoms with van der Waals surface area (Å²) in [5.74, 6) is -5.92. The van der Waals surface area contributed by atoms with Crippen molar-refractivity contribution in [2.75, 3.05) is 13.1 Å².